The summed E-state index contributed by atoms with van der Waals surface area (Å²) in [7, 11) is 0. The molecule has 1 heterocycles. The molecule has 0 atom stereocenters. The summed E-state index contributed by atoms with van der Waals surface area (Å²) < 4.78 is 6.51. The van der Waals surface area contributed by atoms with Gasteiger partial charge in [-0.3, -0.25) is 0 Å². The molecule has 1 aromatic carbocycles. The van der Waals surface area contributed by atoms with E-state index in [1.54, 1.807) is 6.26 Å². The van der Waals surface area contributed by atoms with Crippen molar-refractivity contribution in [3.63, 3.8) is 0 Å². The third kappa shape index (κ3) is 2.58. The summed E-state index contributed by atoms with van der Waals surface area (Å²) in [6.45, 7) is 4.64. The van der Waals surface area contributed by atoms with Crippen molar-refractivity contribution < 1.29 is 4.42 Å². The molecular weight excluding hydrogens is 280 g/mol. The topological polar surface area (TPSA) is 52.0 Å². The lowest BCUT2D eigenvalue weighted by molar-refractivity contribution is 0.512. The lowest BCUT2D eigenvalue weighted by Gasteiger charge is -2.18. The Labute approximate surface area is 109 Å². The minimum Gasteiger partial charge on any atom is -0.444 e. The maximum atomic E-state index is 5.72. The summed E-state index contributed by atoms with van der Waals surface area (Å²) in [5.41, 5.74) is 7.40. The minimum absolute atomic E-state index is 0.159. The van der Waals surface area contributed by atoms with E-state index in [-0.39, 0.29) is 5.41 Å². The van der Waals surface area contributed by atoms with Crippen LogP contribution in [0.4, 0.5) is 0 Å². The summed E-state index contributed by atoms with van der Waals surface area (Å²) >= 11 is 3.43. The van der Waals surface area contributed by atoms with Gasteiger partial charge in [0.05, 0.1) is 5.69 Å². The van der Waals surface area contributed by atoms with Crippen molar-refractivity contribution in [1.29, 1.82) is 0 Å². The first-order valence-electron chi connectivity index (χ1n) is 5.45. The monoisotopic (exact) mass is 294 g/mol. The molecule has 0 saturated carbocycles. The molecule has 0 spiro atoms. The Morgan fingerprint density at radius 1 is 1.41 bits per heavy atom. The highest BCUT2D eigenvalue weighted by atomic mass is 79.9. The first-order chi connectivity index (χ1) is 8.03. The number of benzene rings is 1. The number of halogens is 1. The van der Waals surface area contributed by atoms with Gasteiger partial charge in [0, 0.05) is 22.0 Å². The van der Waals surface area contributed by atoms with Crippen LogP contribution in [-0.4, -0.2) is 11.5 Å². The molecule has 0 unspecified atom stereocenters. The molecule has 0 fully saturated rings. The highest BCUT2D eigenvalue weighted by Crippen LogP contribution is 2.27. The van der Waals surface area contributed by atoms with Crippen molar-refractivity contribution >= 4 is 15.9 Å². The normalized spacial score (nSPS) is 11.8. The first-order valence-corrected chi connectivity index (χ1v) is 6.24. The van der Waals surface area contributed by atoms with Gasteiger partial charge in [0.1, 0.15) is 6.26 Å². The first kappa shape index (κ1) is 12.3. The fourth-order valence-corrected chi connectivity index (χ4v) is 1.84. The fraction of sp³-hybridized carbons (Fsp3) is 0.308. The lowest BCUT2D eigenvalue weighted by atomic mass is 9.90. The van der Waals surface area contributed by atoms with Crippen LogP contribution in [0.25, 0.3) is 11.5 Å². The largest absolute Gasteiger partial charge is 0.444 e. The molecule has 17 heavy (non-hydrogen) atoms. The molecule has 1 aromatic heterocycles. The minimum atomic E-state index is -0.159. The predicted molar refractivity (Wildman–Crippen MR) is 71.7 cm³/mol. The van der Waals surface area contributed by atoms with E-state index in [0.29, 0.717) is 12.4 Å². The highest BCUT2D eigenvalue weighted by Gasteiger charge is 2.23. The Hall–Kier alpha value is -1.13. The number of aromatic nitrogens is 1. The third-order valence-electron chi connectivity index (χ3n) is 2.78. The van der Waals surface area contributed by atoms with Crippen molar-refractivity contribution in [2.45, 2.75) is 19.3 Å². The van der Waals surface area contributed by atoms with Crippen LogP contribution in [0, 0.1) is 0 Å². The second kappa shape index (κ2) is 4.63. The highest BCUT2D eigenvalue weighted by molar-refractivity contribution is 9.10. The van der Waals surface area contributed by atoms with Crippen LogP contribution in [0.15, 0.2) is 39.4 Å². The Kier molecular flexibility index (Phi) is 3.35. The maximum absolute atomic E-state index is 5.72. The van der Waals surface area contributed by atoms with Crippen molar-refractivity contribution in [3.05, 3.63) is 40.7 Å². The number of hydrogen-bond acceptors (Lipinski definition) is 3. The van der Waals surface area contributed by atoms with E-state index >= 15 is 0 Å². The lowest BCUT2D eigenvalue weighted by Crippen LogP contribution is -2.28. The summed E-state index contributed by atoms with van der Waals surface area (Å²) in [4.78, 5) is 4.50. The molecule has 0 aliphatic rings. The van der Waals surface area contributed by atoms with Gasteiger partial charge in [0.25, 0.3) is 0 Å². The number of hydrogen-bond donors (Lipinski definition) is 1. The van der Waals surface area contributed by atoms with Crippen molar-refractivity contribution in [1.82, 2.24) is 4.98 Å². The molecule has 0 bridgehead atoms. The predicted octanol–water partition coefficient (Wildman–Crippen LogP) is 3.34. The van der Waals surface area contributed by atoms with Gasteiger partial charge in [-0.05, 0) is 18.2 Å². The molecule has 0 amide bonds. The SMILES string of the molecule is CC(C)(CN)c1coc(-c2cccc(Br)c2)n1. The molecule has 0 aliphatic heterocycles. The molecule has 3 nitrogen and oxygen atoms in total. The van der Waals surface area contributed by atoms with Crippen molar-refractivity contribution in [2.24, 2.45) is 5.73 Å². The number of nitrogens with two attached hydrogens (primary N) is 1. The Morgan fingerprint density at radius 3 is 2.82 bits per heavy atom. The standard InChI is InChI=1S/C13H15BrN2O/c1-13(2,8-15)11-7-17-12(16-11)9-4-3-5-10(14)6-9/h3-7H,8,15H2,1-2H3. The van der Waals surface area contributed by atoms with E-state index in [4.69, 9.17) is 10.2 Å². The molecule has 0 radical (unpaired) electrons. The molecule has 90 valence electrons. The van der Waals surface area contributed by atoms with E-state index in [1.807, 2.05) is 24.3 Å². The molecular formula is C13H15BrN2O. The van der Waals surface area contributed by atoms with Crippen LogP contribution in [0.5, 0.6) is 0 Å². The zero-order chi connectivity index (χ0) is 12.5. The van der Waals surface area contributed by atoms with E-state index in [2.05, 4.69) is 34.8 Å². The molecule has 0 saturated heterocycles. The average molecular weight is 295 g/mol. The fourth-order valence-electron chi connectivity index (χ4n) is 1.44. The summed E-state index contributed by atoms with van der Waals surface area (Å²) in [6, 6.07) is 7.87. The number of rotatable bonds is 3. The zero-order valence-electron chi connectivity index (χ0n) is 9.90. The molecule has 4 heteroatoms. The van der Waals surface area contributed by atoms with Crippen LogP contribution in [-0.2, 0) is 5.41 Å². The summed E-state index contributed by atoms with van der Waals surface area (Å²) in [5.74, 6) is 0.628. The average Bonchev–Trinajstić information content (AvgIpc) is 2.79. The van der Waals surface area contributed by atoms with Gasteiger partial charge in [-0.25, -0.2) is 4.98 Å². The van der Waals surface area contributed by atoms with Gasteiger partial charge >= 0.3 is 0 Å². The van der Waals surface area contributed by atoms with Gasteiger partial charge < -0.3 is 10.2 Å². The summed E-state index contributed by atoms with van der Waals surface area (Å²) in [6.07, 6.45) is 1.68. The second-order valence-corrected chi connectivity index (χ2v) is 5.55. The molecule has 2 aromatic rings. The maximum Gasteiger partial charge on any atom is 0.226 e. The summed E-state index contributed by atoms with van der Waals surface area (Å²) in [5, 5.41) is 0. The van der Waals surface area contributed by atoms with Gasteiger partial charge in [0.15, 0.2) is 0 Å². The molecule has 0 aliphatic carbocycles. The second-order valence-electron chi connectivity index (χ2n) is 4.64. The van der Waals surface area contributed by atoms with Crippen LogP contribution < -0.4 is 5.73 Å². The zero-order valence-corrected chi connectivity index (χ0v) is 11.5. The Balaban J connectivity index is 2.36. The van der Waals surface area contributed by atoms with Crippen molar-refractivity contribution in [3.8, 4) is 11.5 Å². The van der Waals surface area contributed by atoms with E-state index in [9.17, 15) is 0 Å². The Morgan fingerprint density at radius 2 is 2.18 bits per heavy atom. The van der Waals surface area contributed by atoms with Crippen LogP contribution in [0.1, 0.15) is 19.5 Å². The number of nitrogens with zero attached hydrogens (tertiary/aromatic N) is 1. The van der Waals surface area contributed by atoms with E-state index < -0.39 is 0 Å². The van der Waals surface area contributed by atoms with Gasteiger partial charge in [0.2, 0.25) is 5.89 Å². The molecule has 2 rings (SSSR count). The van der Waals surface area contributed by atoms with Gasteiger partial charge in [-0.1, -0.05) is 35.8 Å². The van der Waals surface area contributed by atoms with Crippen molar-refractivity contribution in [2.75, 3.05) is 6.54 Å². The third-order valence-corrected chi connectivity index (χ3v) is 3.27. The number of oxazole rings is 1. The Bertz CT molecular complexity index is 520. The van der Waals surface area contributed by atoms with E-state index in [0.717, 1.165) is 15.7 Å². The van der Waals surface area contributed by atoms with E-state index in [1.165, 1.54) is 0 Å². The van der Waals surface area contributed by atoms with Gasteiger partial charge in [-0.2, -0.15) is 0 Å². The van der Waals surface area contributed by atoms with Crippen LogP contribution >= 0.6 is 15.9 Å². The smallest absolute Gasteiger partial charge is 0.226 e. The van der Waals surface area contributed by atoms with Crippen LogP contribution in [0.2, 0.25) is 0 Å². The molecule has 2 N–H and O–H groups in total. The van der Waals surface area contributed by atoms with Crippen LogP contribution in [0.3, 0.4) is 0 Å². The van der Waals surface area contributed by atoms with Gasteiger partial charge in [-0.15, -0.1) is 0 Å². The quantitative estimate of drug-likeness (QED) is 0.944.